The molecule has 0 spiro atoms. The molecule has 1 aromatic heterocycles. The fraction of sp³-hybridized carbons (Fsp3) is 0.385. The number of hydrogen-bond donors (Lipinski definition) is 2. The summed E-state index contributed by atoms with van der Waals surface area (Å²) in [4.78, 5) is 3.09. The summed E-state index contributed by atoms with van der Waals surface area (Å²) in [6.07, 6.45) is 2.87. The maximum absolute atomic E-state index is 13.0. The lowest BCUT2D eigenvalue weighted by Gasteiger charge is -2.17. The van der Waals surface area contributed by atoms with Crippen molar-refractivity contribution in [3.63, 3.8) is 0 Å². The van der Waals surface area contributed by atoms with Gasteiger partial charge in [-0.2, -0.15) is 0 Å². The molecular formula is C13H17FN2. The molecular weight excluding hydrogens is 203 g/mol. The summed E-state index contributed by atoms with van der Waals surface area (Å²) in [5, 5.41) is 1.07. The zero-order valence-corrected chi connectivity index (χ0v) is 9.63. The van der Waals surface area contributed by atoms with Gasteiger partial charge in [0, 0.05) is 23.1 Å². The van der Waals surface area contributed by atoms with Crippen LogP contribution in [0.3, 0.4) is 0 Å². The summed E-state index contributed by atoms with van der Waals surface area (Å²) in [6.45, 7) is 4.19. The van der Waals surface area contributed by atoms with E-state index in [2.05, 4.69) is 18.8 Å². The molecule has 1 heterocycles. The van der Waals surface area contributed by atoms with Gasteiger partial charge in [0.2, 0.25) is 0 Å². The van der Waals surface area contributed by atoms with Crippen LogP contribution < -0.4 is 5.73 Å². The van der Waals surface area contributed by atoms with Crippen molar-refractivity contribution in [2.45, 2.75) is 32.2 Å². The molecule has 2 aromatic rings. The molecule has 0 amide bonds. The smallest absolute Gasteiger partial charge is 0.125 e. The third-order valence-electron chi connectivity index (χ3n) is 3.28. The van der Waals surface area contributed by atoms with Crippen LogP contribution in [-0.4, -0.2) is 11.0 Å². The molecule has 0 bridgehead atoms. The zero-order chi connectivity index (χ0) is 11.7. The highest BCUT2D eigenvalue weighted by Crippen LogP contribution is 2.28. The van der Waals surface area contributed by atoms with Gasteiger partial charge in [-0.25, -0.2) is 4.39 Å². The Kier molecular flexibility index (Phi) is 2.97. The first-order valence-electron chi connectivity index (χ1n) is 5.65. The van der Waals surface area contributed by atoms with E-state index in [4.69, 9.17) is 5.73 Å². The fourth-order valence-corrected chi connectivity index (χ4v) is 2.08. The van der Waals surface area contributed by atoms with Crippen LogP contribution in [0.4, 0.5) is 4.39 Å². The average Bonchev–Trinajstić information content (AvgIpc) is 2.69. The molecule has 0 aliphatic heterocycles. The highest BCUT2D eigenvalue weighted by Gasteiger charge is 2.16. The van der Waals surface area contributed by atoms with E-state index in [1.807, 2.05) is 12.3 Å². The Labute approximate surface area is 94.7 Å². The van der Waals surface area contributed by atoms with Crippen molar-refractivity contribution >= 4 is 10.9 Å². The van der Waals surface area contributed by atoms with Crippen LogP contribution in [0.2, 0.25) is 0 Å². The number of rotatable bonds is 3. The number of aromatic nitrogens is 1. The second kappa shape index (κ2) is 4.26. The molecule has 16 heavy (non-hydrogen) atoms. The molecule has 86 valence electrons. The van der Waals surface area contributed by atoms with Crippen molar-refractivity contribution in [1.29, 1.82) is 0 Å². The van der Waals surface area contributed by atoms with E-state index in [0.29, 0.717) is 0 Å². The third kappa shape index (κ3) is 1.83. The average molecular weight is 220 g/mol. The monoisotopic (exact) mass is 220 g/mol. The second-order valence-electron chi connectivity index (χ2n) is 4.29. The first kappa shape index (κ1) is 11.1. The van der Waals surface area contributed by atoms with Crippen LogP contribution >= 0.6 is 0 Å². The van der Waals surface area contributed by atoms with Crippen LogP contribution in [0.15, 0.2) is 24.4 Å². The van der Waals surface area contributed by atoms with E-state index in [9.17, 15) is 4.39 Å². The van der Waals surface area contributed by atoms with Gasteiger partial charge in [0.25, 0.3) is 0 Å². The summed E-state index contributed by atoms with van der Waals surface area (Å²) in [5.41, 5.74) is 8.05. The van der Waals surface area contributed by atoms with Crippen LogP contribution in [0, 0.1) is 5.82 Å². The number of hydrogen-bond acceptors (Lipinski definition) is 1. The molecule has 0 aliphatic carbocycles. The SMILES string of the molecule is CCC(N)C(C)c1c[nH]c2cc(F)ccc12. The van der Waals surface area contributed by atoms with Gasteiger partial charge in [-0.05, 0) is 36.1 Å². The number of H-pyrrole nitrogens is 1. The Balaban J connectivity index is 2.45. The lowest BCUT2D eigenvalue weighted by molar-refractivity contribution is 0.554. The van der Waals surface area contributed by atoms with E-state index >= 15 is 0 Å². The molecule has 3 N–H and O–H groups in total. The summed E-state index contributed by atoms with van der Waals surface area (Å²) in [7, 11) is 0. The Morgan fingerprint density at radius 2 is 2.19 bits per heavy atom. The summed E-state index contributed by atoms with van der Waals surface area (Å²) < 4.78 is 13.0. The van der Waals surface area contributed by atoms with Crippen LogP contribution in [0.5, 0.6) is 0 Å². The molecule has 0 aliphatic rings. The number of nitrogens with two attached hydrogens (primary N) is 1. The van der Waals surface area contributed by atoms with Gasteiger partial charge < -0.3 is 10.7 Å². The number of halogens is 1. The van der Waals surface area contributed by atoms with E-state index < -0.39 is 0 Å². The minimum absolute atomic E-state index is 0.143. The highest BCUT2D eigenvalue weighted by atomic mass is 19.1. The largest absolute Gasteiger partial charge is 0.361 e. The summed E-state index contributed by atoms with van der Waals surface area (Å²) in [5.74, 6) is 0.0672. The minimum Gasteiger partial charge on any atom is -0.361 e. The van der Waals surface area contributed by atoms with Crippen molar-refractivity contribution in [2.24, 2.45) is 5.73 Å². The maximum Gasteiger partial charge on any atom is 0.125 e. The molecule has 3 heteroatoms. The number of benzene rings is 1. The Bertz CT molecular complexity index is 490. The van der Waals surface area contributed by atoms with E-state index in [1.54, 1.807) is 0 Å². The predicted octanol–water partition coefficient (Wildman–Crippen LogP) is 3.15. The van der Waals surface area contributed by atoms with E-state index in [0.717, 1.165) is 17.3 Å². The topological polar surface area (TPSA) is 41.8 Å². The van der Waals surface area contributed by atoms with Gasteiger partial charge in [0.15, 0.2) is 0 Å². The third-order valence-corrected chi connectivity index (χ3v) is 3.28. The predicted molar refractivity (Wildman–Crippen MR) is 64.9 cm³/mol. The fourth-order valence-electron chi connectivity index (χ4n) is 2.08. The van der Waals surface area contributed by atoms with E-state index in [-0.39, 0.29) is 17.8 Å². The quantitative estimate of drug-likeness (QED) is 0.819. The van der Waals surface area contributed by atoms with Crippen molar-refractivity contribution in [3.05, 3.63) is 35.8 Å². The molecule has 2 unspecified atom stereocenters. The first-order chi connectivity index (χ1) is 7.63. The van der Waals surface area contributed by atoms with Gasteiger partial charge in [0.05, 0.1) is 0 Å². The molecule has 0 saturated heterocycles. The zero-order valence-electron chi connectivity index (χ0n) is 9.63. The van der Waals surface area contributed by atoms with Crippen molar-refractivity contribution < 1.29 is 4.39 Å². The van der Waals surface area contributed by atoms with Crippen molar-refractivity contribution in [3.8, 4) is 0 Å². The summed E-state index contributed by atoms with van der Waals surface area (Å²) in [6, 6.07) is 4.96. The molecule has 2 rings (SSSR count). The first-order valence-corrected chi connectivity index (χ1v) is 5.65. The number of nitrogens with one attached hydrogen (secondary N) is 1. The van der Waals surface area contributed by atoms with E-state index in [1.165, 1.54) is 17.7 Å². The van der Waals surface area contributed by atoms with Gasteiger partial charge in [-0.1, -0.05) is 13.8 Å². The van der Waals surface area contributed by atoms with Gasteiger partial charge in [-0.3, -0.25) is 0 Å². The lowest BCUT2D eigenvalue weighted by atomic mass is 9.92. The van der Waals surface area contributed by atoms with Gasteiger partial charge in [0.1, 0.15) is 5.82 Å². The normalized spacial score (nSPS) is 15.2. The second-order valence-corrected chi connectivity index (χ2v) is 4.29. The van der Waals surface area contributed by atoms with Gasteiger partial charge >= 0.3 is 0 Å². The standard InChI is InChI=1S/C13H17FN2/c1-3-12(15)8(2)11-7-16-13-6-9(14)4-5-10(11)13/h4-8,12,16H,3,15H2,1-2H3. The lowest BCUT2D eigenvalue weighted by Crippen LogP contribution is -2.25. The van der Waals surface area contributed by atoms with Crippen molar-refractivity contribution in [1.82, 2.24) is 4.98 Å². The maximum atomic E-state index is 13.0. The molecule has 2 nitrogen and oxygen atoms in total. The highest BCUT2D eigenvalue weighted by molar-refractivity contribution is 5.83. The number of aromatic amines is 1. The van der Waals surface area contributed by atoms with Crippen molar-refractivity contribution in [2.75, 3.05) is 0 Å². The Morgan fingerprint density at radius 3 is 2.88 bits per heavy atom. The molecule has 2 atom stereocenters. The summed E-state index contributed by atoms with van der Waals surface area (Å²) >= 11 is 0. The molecule has 1 aromatic carbocycles. The van der Waals surface area contributed by atoms with Crippen LogP contribution in [0.1, 0.15) is 31.7 Å². The van der Waals surface area contributed by atoms with Gasteiger partial charge in [-0.15, -0.1) is 0 Å². The Hall–Kier alpha value is -1.35. The minimum atomic E-state index is -0.214. The van der Waals surface area contributed by atoms with Crippen LogP contribution in [-0.2, 0) is 0 Å². The number of fused-ring (bicyclic) bond motifs is 1. The van der Waals surface area contributed by atoms with Crippen LogP contribution in [0.25, 0.3) is 10.9 Å². The molecule has 0 saturated carbocycles. The molecule has 0 radical (unpaired) electrons. The Morgan fingerprint density at radius 1 is 1.44 bits per heavy atom. The molecule has 0 fully saturated rings.